The first-order valence-corrected chi connectivity index (χ1v) is 6.45. The second kappa shape index (κ2) is 6.96. The van der Waals surface area contributed by atoms with Gasteiger partial charge in [0.2, 0.25) is 5.91 Å². The van der Waals surface area contributed by atoms with Gasteiger partial charge in [0.1, 0.15) is 0 Å². The van der Waals surface area contributed by atoms with Crippen LogP contribution in [0, 0.1) is 11.8 Å². The Hall–Kier alpha value is -1.79. The molecule has 0 spiro atoms. The quantitative estimate of drug-likeness (QED) is 0.545. The average Bonchev–Trinajstić information content (AvgIpc) is 2.73. The van der Waals surface area contributed by atoms with E-state index in [1.165, 1.54) is 0 Å². The van der Waals surface area contributed by atoms with Crippen LogP contribution in [-0.2, 0) is 9.59 Å². The number of carbonyl (C=O) groups is 3. The molecule has 1 aliphatic rings. The van der Waals surface area contributed by atoms with Gasteiger partial charge in [0.15, 0.2) is 0 Å². The molecule has 1 fully saturated rings. The van der Waals surface area contributed by atoms with Crippen molar-refractivity contribution in [2.24, 2.45) is 17.6 Å². The highest BCUT2D eigenvalue weighted by atomic mass is 16.4. The lowest BCUT2D eigenvalue weighted by Gasteiger charge is -2.18. The van der Waals surface area contributed by atoms with Crippen molar-refractivity contribution < 1.29 is 19.5 Å². The number of carboxylic acid groups (broad SMARTS) is 1. The molecule has 5 N–H and O–H groups in total. The van der Waals surface area contributed by atoms with Crippen LogP contribution in [0.15, 0.2) is 0 Å². The van der Waals surface area contributed by atoms with Crippen LogP contribution in [0.5, 0.6) is 0 Å². The number of urea groups is 1. The van der Waals surface area contributed by atoms with Gasteiger partial charge in [-0.25, -0.2) is 4.79 Å². The van der Waals surface area contributed by atoms with Gasteiger partial charge < -0.3 is 21.5 Å². The largest absolute Gasteiger partial charge is 0.481 e. The number of carboxylic acids is 1. The van der Waals surface area contributed by atoms with Crippen LogP contribution >= 0.6 is 0 Å². The Bertz CT molecular complexity index is 359. The molecule has 7 nitrogen and oxygen atoms in total. The summed E-state index contributed by atoms with van der Waals surface area (Å²) in [6.07, 6.45) is 2.44. The molecule has 19 heavy (non-hydrogen) atoms. The van der Waals surface area contributed by atoms with Crippen molar-refractivity contribution in [3.05, 3.63) is 0 Å². The molecule has 0 radical (unpaired) electrons. The van der Waals surface area contributed by atoms with Gasteiger partial charge in [-0.15, -0.1) is 0 Å². The van der Waals surface area contributed by atoms with Crippen LogP contribution in [0.4, 0.5) is 4.79 Å². The van der Waals surface area contributed by atoms with E-state index in [-0.39, 0.29) is 24.3 Å². The van der Waals surface area contributed by atoms with E-state index in [2.05, 4.69) is 10.6 Å². The Morgan fingerprint density at radius 2 is 2.05 bits per heavy atom. The fraction of sp³-hybridized carbons (Fsp3) is 0.750. The number of primary amides is 1. The lowest BCUT2D eigenvalue weighted by Crippen LogP contribution is -2.44. The summed E-state index contributed by atoms with van der Waals surface area (Å²) in [5.41, 5.74) is 5.02. The fourth-order valence-corrected chi connectivity index (χ4v) is 2.46. The van der Waals surface area contributed by atoms with Crippen molar-refractivity contribution in [3.63, 3.8) is 0 Å². The smallest absolute Gasteiger partial charge is 0.315 e. The highest BCUT2D eigenvalue weighted by Crippen LogP contribution is 2.31. The molecule has 0 aromatic carbocycles. The van der Waals surface area contributed by atoms with Crippen molar-refractivity contribution in [3.8, 4) is 0 Å². The first kappa shape index (κ1) is 15.3. The standard InChI is InChI=1S/C12H21N3O4/c1-7(5-10(13)16)15-12(19)14-6-8-3-2-4-9(8)11(17)18/h7-9H,2-6H2,1H3,(H2,13,16)(H,17,18)(H2,14,15,19). The normalized spacial score (nSPS) is 23.6. The lowest BCUT2D eigenvalue weighted by atomic mass is 9.96. The number of aliphatic carboxylic acids is 1. The van der Waals surface area contributed by atoms with Gasteiger partial charge in [0.05, 0.1) is 5.92 Å². The third kappa shape index (κ3) is 5.15. The summed E-state index contributed by atoms with van der Waals surface area (Å²) < 4.78 is 0. The Labute approximate surface area is 111 Å². The number of hydrogen-bond acceptors (Lipinski definition) is 3. The van der Waals surface area contributed by atoms with E-state index in [0.29, 0.717) is 13.0 Å². The number of carbonyl (C=O) groups excluding carboxylic acids is 2. The highest BCUT2D eigenvalue weighted by molar-refractivity contribution is 5.77. The van der Waals surface area contributed by atoms with E-state index in [0.717, 1.165) is 12.8 Å². The molecule has 1 saturated carbocycles. The van der Waals surface area contributed by atoms with Gasteiger partial charge in [0.25, 0.3) is 0 Å². The summed E-state index contributed by atoms with van der Waals surface area (Å²) in [5, 5.41) is 14.2. The molecular weight excluding hydrogens is 250 g/mol. The minimum atomic E-state index is -0.799. The summed E-state index contributed by atoms with van der Waals surface area (Å²) in [6.45, 7) is 2.02. The summed E-state index contributed by atoms with van der Waals surface area (Å²) in [7, 11) is 0. The van der Waals surface area contributed by atoms with Crippen molar-refractivity contribution in [2.45, 2.75) is 38.6 Å². The van der Waals surface area contributed by atoms with Gasteiger partial charge in [-0.05, 0) is 25.7 Å². The predicted octanol–water partition coefficient (Wildman–Crippen LogP) is 0.0504. The first-order chi connectivity index (χ1) is 8.90. The molecule has 1 rings (SSSR count). The van der Waals surface area contributed by atoms with Gasteiger partial charge in [0, 0.05) is 19.0 Å². The molecule has 108 valence electrons. The van der Waals surface area contributed by atoms with Crippen LogP contribution in [0.25, 0.3) is 0 Å². The van der Waals surface area contributed by atoms with Crippen LogP contribution in [0.1, 0.15) is 32.6 Å². The monoisotopic (exact) mass is 271 g/mol. The van der Waals surface area contributed by atoms with Gasteiger partial charge >= 0.3 is 12.0 Å². The molecule has 0 bridgehead atoms. The maximum atomic E-state index is 11.5. The van der Waals surface area contributed by atoms with Gasteiger partial charge in [-0.3, -0.25) is 9.59 Å². The zero-order chi connectivity index (χ0) is 14.4. The van der Waals surface area contributed by atoms with Crippen molar-refractivity contribution in [1.29, 1.82) is 0 Å². The minimum Gasteiger partial charge on any atom is -0.481 e. The highest BCUT2D eigenvalue weighted by Gasteiger charge is 2.32. The molecule has 0 saturated heterocycles. The molecule has 0 aliphatic heterocycles. The maximum Gasteiger partial charge on any atom is 0.315 e. The van der Waals surface area contributed by atoms with E-state index in [1.54, 1.807) is 6.92 Å². The van der Waals surface area contributed by atoms with E-state index >= 15 is 0 Å². The number of nitrogens with two attached hydrogens (primary N) is 1. The summed E-state index contributed by atoms with van der Waals surface area (Å²) in [5.74, 6) is -1.67. The third-order valence-electron chi connectivity index (χ3n) is 3.39. The van der Waals surface area contributed by atoms with Gasteiger partial charge in [-0.1, -0.05) is 6.42 Å². The molecular formula is C12H21N3O4. The van der Waals surface area contributed by atoms with Crippen molar-refractivity contribution >= 4 is 17.9 Å². The molecule has 0 aromatic heterocycles. The van der Waals surface area contributed by atoms with E-state index in [1.807, 2.05) is 0 Å². The Balaban J connectivity index is 2.30. The van der Waals surface area contributed by atoms with E-state index in [9.17, 15) is 14.4 Å². The second-order valence-corrected chi connectivity index (χ2v) is 5.06. The molecule has 1 aliphatic carbocycles. The minimum absolute atomic E-state index is 0.0188. The number of rotatable bonds is 6. The summed E-state index contributed by atoms with van der Waals surface area (Å²) in [6, 6.07) is -0.735. The first-order valence-electron chi connectivity index (χ1n) is 6.45. The maximum absolute atomic E-state index is 11.5. The van der Waals surface area contributed by atoms with Gasteiger partial charge in [-0.2, -0.15) is 0 Å². The van der Waals surface area contributed by atoms with Crippen molar-refractivity contribution in [1.82, 2.24) is 10.6 Å². The number of amides is 3. The zero-order valence-electron chi connectivity index (χ0n) is 11.0. The van der Waals surface area contributed by atoms with E-state index < -0.39 is 17.9 Å². The molecule has 3 amide bonds. The van der Waals surface area contributed by atoms with Crippen LogP contribution in [-0.4, -0.2) is 35.6 Å². The Morgan fingerprint density at radius 1 is 1.37 bits per heavy atom. The summed E-state index contributed by atoms with van der Waals surface area (Å²) in [4.78, 5) is 33.2. The average molecular weight is 271 g/mol. The molecule has 0 heterocycles. The fourth-order valence-electron chi connectivity index (χ4n) is 2.46. The lowest BCUT2D eigenvalue weighted by molar-refractivity contribution is -0.142. The second-order valence-electron chi connectivity index (χ2n) is 5.06. The van der Waals surface area contributed by atoms with Crippen LogP contribution in [0.2, 0.25) is 0 Å². The van der Waals surface area contributed by atoms with Crippen molar-refractivity contribution in [2.75, 3.05) is 6.54 Å². The Kier molecular flexibility index (Phi) is 5.59. The molecule has 0 aromatic rings. The summed E-state index contributed by atoms with van der Waals surface area (Å²) >= 11 is 0. The van der Waals surface area contributed by atoms with Crippen LogP contribution < -0.4 is 16.4 Å². The molecule has 3 unspecified atom stereocenters. The predicted molar refractivity (Wildman–Crippen MR) is 68.3 cm³/mol. The molecule has 3 atom stereocenters. The molecule has 7 heteroatoms. The number of hydrogen-bond donors (Lipinski definition) is 4. The number of nitrogens with one attached hydrogen (secondary N) is 2. The topological polar surface area (TPSA) is 122 Å². The zero-order valence-corrected chi connectivity index (χ0v) is 11.0. The third-order valence-corrected chi connectivity index (χ3v) is 3.39. The SMILES string of the molecule is CC(CC(N)=O)NC(=O)NCC1CCCC1C(=O)O. The Morgan fingerprint density at radius 3 is 2.63 bits per heavy atom. The van der Waals surface area contributed by atoms with E-state index in [4.69, 9.17) is 10.8 Å². The van der Waals surface area contributed by atoms with Crippen LogP contribution in [0.3, 0.4) is 0 Å².